The summed E-state index contributed by atoms with van der Waals surface area (Å²) in [7, 11) is 0. The minimum absolute atomic E-state index is 0.0465. The molecule has 3 fully saturated rings. The lowest BCUT2D eigenvalue weighted by Gasteiger charge is -2.19. The fraction of sp³-hybridized carbons (Fsp3) is 0.474. The minimum atomic E-state index is -0.174. The predicted molar refractivity (Wildman–Crippen MR) is 86.6 cm³/mol. The Labute approximate surface area is 140 Å². The minimum Gasteiger partial charge on any atom is -0.454 e. The van der Waals surface area contributed by atoms with Crippen molar-refractivity contribution in [2.24, 2.45) is 23.7 Å². The van der Waals surface area contributed by atoms with Gasteiger partial charge in [-0.2, -0.15) is 0 Å². The van der Waals surface area contributed by atoms with E-state index in [0.717, 1.165) is 12.8 Å². The SMILES string of the molecule is CC(C)=C1[C@H]2CC[C@H]1[C@H]1C(=O)N(c3ccc4c(c3)OCO4)C(=O)[C@H]12. The summed E-state index contributed by atoms with van der Waals surface area (Å²) >= 11 is 0. The number of imide groups is 1. The van der Waals surface area contributed by atoms with Gasteiger partial charge >= 0.3 is 0 Å². The molecule has 1 aromatic rings. The van der Waals surface area contributed by atoms with Crippen molar-refractivity contribution in [2.45, 2.75) is 26.7 Å². The van der Waals surface area contributed by atoms with Crippen molar-refractivity contribution in [3.05, 3.63) is 29.3 Å². The van der Waals surface area contributed by atoms with E-state index in [1.807, 2.05) is 0 Å². The lowest BCUT2D eigenvalue weighted by Crippen LogP contribution is -2.33. The highest BCUT2D eigenvalue weighted by Crippen LogP contribution is 2.60. The summed E-state index contributed by atoms with van der Waals surface area (Å²) in [5.41, 5.74) is 3.26. The topological polar surface area (TPSA) is 55.8 Å². The van der Waals surface area contributed by atoms with Crippen LogP contribution in [0.2, 0.25) is 0 Å². The molecule has 0 radical (unpaired) electrons. The largest absolute Gasteiger partial charge is 0.454 e. The maximum absolute atomic E-state index is 13.1. The van der Waals surface area contributed by atoms with Crippen LogP contribution in [0, 0.1) is 23.7 Å². The zero-order chi connectivity index (χ0) is 16.6. The first-order valence-corrected chi connectivity index (χ1v) is 8.52. The molecule has 0 unspecified atom stereocenters. The van der Waals surface area contributed by atoms with Crippen LogP contribution in [0.4, 0.5) is 5.69 Å². The highest BCUT2D eigenvalue weighted by molar-refractivity contribution is 6.23. The molecule has 2 aliphatic heterocycles. The summed E-state index contributed by atoms with van der Waals surface area (Å²) in [6.45, 7) is 4.39. The molecule has 1 aromatic carbocycles. The predicted octanol–water partition coefficient (Wildman–Crippen LogP) is 2.90. The third-order valence-electron chi connectivity index (χ3n) is 6.04. The molecule has 24 heavy (non-hydrogen) atoms. The number of hydrogen-bond acceptors (Lipinski definition) is 4. The number of ether oxygens (including phenoxy) is 2. The number of allylic oxidation sites excluding steroid dienone is 2. The Balaban J connectivity index is 1.55. The van der Waals surface area contributed by atoms with Gasteiger partial charge in [0.15, 0.2) is 11.5 Å². The van der Waals surface area contributed by atoms with Gasteiger partial charge in [0.1, 0.15) is 0 Å². The lowest BCUT2D eigenvalue weighted by molar-refractivity contribution is -0.123. The number of nitrogens with zero attached hydrogens (tertiary/aromatic N) is 1. The fourth-order valence-electron chi connectivity index (χ4n) is 5.27. The zero-order valence-electron chi connectivity index (χ0n) is 13.7. The molecule has 5 nitrogen and oxygen atoms in total. The summed E-state index contributed by atoms with van der Waals surface area (Å²) in [5.74, 6) is 1.31. The number of fused-ring (bicyclic) bond motifs is 6. The summed E-state index contributed by atoms with van der Waals surface area (Å²) in [4.78, 5) is 27.5. The standard InChI is InChI=1S/C19H19NO4/c1-9(2)15-11-4-5-12(15)17-16(11)18(21)20(19(17)22)10-3-6-13-14(7-10)24-8-23-13/h3,6-7,11-12,16-17H,4-5,8H2,1-2H3/t11-,12-,16-,17+/m1/s1. The second kappa shape index (κ2) is 4.62. The molecule has 2 bridgehead atoms. The van der Waals surface area contributed by atoms with Crippen LogP contribution in [0.3, 0.4) is 0 Å². The molecule has 0 spiro atoms. The Morgan fingerprint density at radius 1 is 1.00 bits per heavy atom. The Morgan fingerprint density at radius 2 is 1.62 bits per heavy atom. The van der Waals surface area contributed by atoms with Gasteiger partial charge in [0, 0.05) is 6.07 Å². The van der Waals surface area contributed by atoms with Crippen LogP contribution < -0.4 is 14.4 Å². The molecule has 2 aliphatic carbocycles. The maximum atomic E-state index is 13.1. The summed E-state index contributed by atoms with van der Waals surface area (Å²) in [6, 6.07) is 5.28. The normalized spacial score (nSPS) is 32.8. The number of anilines is 1. The molecule has 2 saturated carbocycles. The molecule has 4 aliphatic rings. The second-order valence-corrected chi connectivity index (χ2v) is 7.35. The average molecular weight is 325 g/mol. The number of amides is 2. The van der Waals surface area contributed by atoms with Gasteiger partial charge in [-0.15, -0.1) is 0 Å². The fourth-order valence-corrected chi connectivity index (χ4v) is 5.27. The molecule has 124 valence electrons. The van der Waals surface area contributed by atoms with E-state index in [1.54, 1.807) is 18.2 Å². The van der Waals surface area contributed by atoms with Crippen molar-refractivity contribution in [1.29, 1.82) is 0 Å². The zero-order valence-corrected chi connectivity index (χ0v) is 13.7. The van der Waals surface area contributed by atoms with Gasteiger partial charge in [-0.1, -0.05) is 11.1 Å². The van der Waals surface area contributed by atoms with E-state index in [-0.39, 0.29) is 42.3 Å². The van der Waals surface area contributed by atoms with Crippen LogP contribution in [0.15, 0.2) is 29.3 Å². The van der Waals surface area contributed by atoms with Gasteiger partial charge in [0.2, 0.25) is 18.6 Å². The van der Waals surface area contributed by atoms with Crippen LogP contribution in [0.25, 0.3) is 0 Å². The molecule has 1 saturated heterocycles. The highest BCUT2D eigenvalue weighted by Gasteiger charge is 2.63. The molecule has 5 rings (SSSR count). The van der Waals surface area contributed by atoms with Crippen LogP contribution in [0.5, 0.6) is 11.5 Å². The van der Waals surface area contributed by atoms with Crippen molar-refractivity contribution in [3.63, 3.8) is 0 Å². The van der Waals surface area contributed by atoms with Gasteiger partial charge in [-0.3, -0.25) is 9.59 Å². The van der Waals surface area contributed by atoms with E-state index < -0.39 is 0 Å². The smallest absolute Gasteiger partial charge is 0.238 e. The number of hydrogen-bond donors (Lipinski definition) is 0. The lowest BCUT2D eigenvalue weighted by atomic mass is 9.81. The molecule has 2 amide bonds. The van der Waals surface area contributed by atoms with Gasteiger partial charge in [-0.05, 0) is 50.7 Å². The van der Waals surface area contributed by atoms with E-state index in [1.165, 1.54) is 16.0 Å². The Bertz CT molecular complexity index is 776. The van der Waals surface area contributed by atoms with Crippen LogP contribution in [-0.4, -0.2) is 18.6 Å². The molecule has 4 atom stereocenters. The van der Waals surface area contributed by atoms with Gasteiger partial charge in [-0.25, -0.2) is 4.90 Å². The van der Waals surface area contributed by atoms with Crippen LogP contribution in [0.1, 0.15) is 26.7 Å². The van der Waals surface area contributed by atoms with E-state index in [4.69, 9.17) is 9.47 Å². The molecule has 5 heteroatoms. The Kier molecular flexibility index (Phi) is 2.71. The van der Waals surface area contributed by atoms with E-state index in [0.29, 0.717) is 17.2 Å². The maximum Gasteiger partial charge on any atom is 0.238 e. The number of benzene rings is 1. The van der Waals surface area contributed by atoms with E-state index in [9.17, 15) is 9.59 Å². The van der Waals surface area contributed by atoms with E-state index in [2.05, 4.69) is 13.8 Å². The van der Waals surface area contributed by atoms with Crippen molar-refractivity contribution in [2.75, 3.05) is 11.7 Å². The first-order chi connectivity index (χ1) is 11.6. The first-order valence-electron chi connectivity index (χ1n) is 8.52. The van der Waals surface area contributed by atoms with Crippen molar-refractivity contribution >= 4 is 17.5 Å². The highest BCUT2D eigenvalue weighted by atomic mass is 16.7. The van der Waals surface area contributed by atoms with Gasteiger partial charge in [0.25, 0.3) is 0 Å². The third kappa shape index (κ3) is 1.60. The summed E-state index contributed by atoms with van der Waals surface area (Å²) in [5, 5.41) is 0. The van der Waals surface area contributed by atoms with Gasteiger partial charge < -0.3 is 9.47 Å². The first kappa shape index (κ1) is 14.1. The Morgan fingerprint density at radius 3 is 2.25 bits per heavy atom. The van der Waals surface area contributed by atoms with Crippen LogP contribution in [-0.2, 0) is 9.59 Å². The number of carbonyl (C=O) groups excluding carboxylic acids is 2. The Hall–Kier alpha value is -2.30. The monoisotopic (exact) mass is 325 g/mol. The third-order valence-corrected chi connectivity index (χ3v) is 6.04. The van der Waals surface area contributed by atoms with Gasteiger partial charge in [0.05, 0.1) is 17.5 Å². The molecule has 0 N–H and O–H groups in total. The molecular formula is C19H19NO4. The second-order valence-electron chi connectivity index (χ2n) is 7.35. The summed E-state index contributed by atoms with van der Waals surface area (Å²) in [6.07, 6.45) is 2.06. The van der Waals surface area contributed by atoms with Crippen molar-refractivity contribution in [1.82, 2.24) is 0 Å². The number of carbonyl (C=O) groups is 2. The van der Waals surface area contributed by atoms with Crippen LogP contribution >= 0.6 is 0 Å². The number of rotatable bonds is 1. The molecule has 2 heterocycles. The quantitative estimate of drug-likeness (QED) is 0.588. The van der Waals surface area contributed by atoms with E-state index >= 15 is 0 Å². The summed E-state index contributed by atoms with van der Waals surface area (Å²) < 4.78 is 10.7. The molecular weight excluding hydrogens is 306 g/mol. The van der Waals surface area contributed by atoms with Crippen molar-refractivity contribution < 1.29 is 19.1 Å². The molecule has 0 aromatic heterocycles. The van der Waals surface area contributed by atoms with Crippen molar-refractivity contribution in [3.8, 4) is 11.5 Å². The average Bonchev–Trinajstić information content (AvgIpc) is 3.29.